The molecule has 0 saturated carbocycles. The van der Waals surface area contributed by atoms with Gasteiger partial charge < -0.3 is 16.2 Å². The average Bonchev–Trinajstić information content (AvgIpc) is 2.27. The van der Waals surface area contributed by atoms with Crippen LogP contribution in [0.5, 0.6) is 5.75 Å². The van der Waals surface area contributed by atoms with Crippen molar-refractivity contribution in [3.63, 3.8) is 0 Å². The summed E-state index contributed by atoms with van der Waals surface area (Å²) in [5, 5.41) is 12.1. The van der Waals surface area contributed by atoms with Gasteiger partial charge in [-0.05, 0) is 31.0 Å². The number of nitrogens with two attached hydrogens (primary N) is 1. The number of amides is 2. The Morgan fingerprint density at radius 1 is 1.41 bits per heavy atom. The molecule has 92 valence electrons. The van der Waals surface area contributed by atoms with Crippen LogP contribution in [-0.2, 0) is 4.79 Å². The average molecular weight is 236 g/mol. The van der Waals surface area contributed by atoms with Gasteiger partial charge in [-0.15, -0.1) is 0 Å². The van der Waals surface area contributed by atoms with Gasteiger partial charge in [-0.1, -0.05) is 6.07 Å². The number of benzene rings is 1. The topological polar surface area (TPSA) is 92.4 Å². The number of hydrogen-bond donors (Lipinski definition) is 3. The van der Waals surface area contributed by atoms with Crippen molar-refractivity contribution in [2.45, 2.75) is 19.8 Å². The summed E-state index contributed by atoms with van der Waals surface area (Å²) in [5.41, 5.74) is 6.09. The lowest BCUT2D eigenvalue weighted by molar-refractivity contribution is -0.118. The number of phenols is 1. The number of aryl methyl sites for hydroxylation is 1. The van der Waals surface area contributed by atoms with Gasteiger partial charge in [0.05, 0.1) is 0 Å². The Hall–Kier alpha value is -2.04. The van der Waals surface area contributed by atoms with E-state index in [9.17, 15) is 14.7 Å². The summed E-state index contributed by atoms with van der Waals surface area (Å²) in [4.78, 5) is 22.1. The molecule has 0 atom stereocenters. The van der Waals surface area contributed by atoms with E-state index < -0.39 is 0 Å². The highest BCUT2D eigenvalue weighted by molar-refractivity contribution is 5.94. The van der Waals surface area contributed by atoms with Crippen LogP contribution in [0, 0.1) is 6.92 Å². The van der Waals surface area contributed by atoms with Crippen molar-refractivity contribution in [2.75, 3.05) is 6.54 Å². The molecule has 5 nitrogen and oxygen atoms in total. The molecule has 17 heavy (non-hydrogen) atoms. The Bertz CT molecular complexity index is 430. The molecule has 5 heteroatoms. The van der Waals surface area contributed by atoms with Gasteiger partial charge in [-0.2, -0.15) is 0 Å². The SMILES string of the molecule is Cc1ccc(C(=O)NCCCC(N)=O)cc1O. The zero-order valence-electron chi connectivity index (χ0n) is 9.69. The third-order valence-electron chi connectivity index (χ3n) is 2.36. The van der Waals surface area contributed by atoms with E-state index in [0.29, 0.717) is 18.5 Å². The maximum Gasteiger partial charge on any atom is 0.251 e. The molecule has 2 amide bonds. The minimum Gasteiger partial charge on any atom is -0.508 e. The smallest absolute Gasteiger partial charge is 0.251 e. The van der Waals surface area contributed by atoms with Crippen molar-refractivity contribution in [1.29, 1.82) is 0 Å². The fourth-order valence-electron chi connectivity index (χ4n) is 1.32. The van der Waals surface area contributed by atoms with Crippen molar-refractivity contribution >= 4 is 11.8 Å². The lowest BCUT2D eigenvalue weighted by Crippen LogP contribution is -2.25. The van der Waals surface area contributed by atoms with Gasteiger partial charge >= 0.3 is 0 Å². The maximum absolute atomic E-state index is 11.6. The molecule has 0 aromatic heterocycles. The Kier molecular flexibility index (Phi) is 4.51. The standard InChI is InChI=1S/C12H16N2O3/c1-8-4-5-9(7-10(8)15)12(17)14-6-2-3-11(13)16/h4-5,7,15H,2-3,6H2,1H3,(H2,13,16)(H,14,17). The van der Waals surface area contributed by atoms with E-state index in [2.05, 4.69) is 5.32 Å². The summed E-state index contributed by atoms with van der Waals surface area (Å²) < 4.78 is 0. The van der Waals surface area contributed by atoms with E-state index in [-0.39, 0.29) is 24.0 Å². The molecular formula is C12H16N2O3. The van der Waals surface area contributed by atoms with Crippen LogP contribution >= 0.6 is 0 Å². The van der Waals surface area contributed by atoms with Crippen molar-refractivity contribution in [3.8, 4) is 5.75 Å². The number of aromatic hydroxyl groups is 1. The second kappa shape index (κ2) is 5.89. The largest absolute Gasteiger partial charge is 0.508 e. The first-order valence-electron chi connectivity index (χ1n) is 5.37. The molecule has 0 aliphatic carbocycles. The van der Waals surface area contributed by atoms with Crippen LogP contribution < -0.4 is 11.1 Å². The van der Waals surface area contributed by atoms with Crippen molar-refractivity contribution < 1.29 is 14.7 Å². The quantitative estimate of drug-likeness (QED) is 0.657. The maximum atomic E-state index is 11.6. The van der Waals surface area contributed by atoms with Crippen LogP contribution in [0.4, 0.5) is 0 Å². The van der Waals surface area contributed by atoms with Gasteiger partial charge in [0, 0.05) is 18.5 Å². The van der Waals surface area contributed by atoms with Gasteiger partial charge in [0.1, 0.15) is 5.75 Å². The van der Waals surface area contributed by atoms with E-state index in [1.54, 1.807) is 19.1 Å². The minimum absolute atomic E-state index is 0.0924. The first-order valence-corrected chi connectivity index (χ1v) is 5.37. The Labute approximate surface area is 99.6 Å². The lowest BCUT2D eigenvalue weighted by Gasteiger charge is -2.05. The number of phenolic OH excluding ortho intramolecular Hbond substituents is 1. The molecule has 0 fully saturated rings. The van der Waals surface area contributed by atoms with E-state index in [4.69, 9.17) is 5.73 Å². The normalized spacial score (nSPS) is 9.94. The van der Waals surface area contributed by atoms with Crippen molar-refractivity contribution in [2.24, 2.45) is 5.73 Å². The molecule has 0 unspecified atom stereocenters. The third kappa shape index (κ3) is 4.14. The molecule has 0 heterocycles. The highest BCUT2D eigenvalue weighted by Gasteiger charge is 2.07. The van der Waals surface area contributed by atoms with E-state index >= 15 is 0 Å². The Morgan fingerprint density at radius 2 is 2.12 bits per heavy atom. The summed E-state index contributed by atoms with van der Waals surface area (Å²) in [7, 11) is 0. The third-order valence-corrected chi connectivity index (χ3v) is 2.36. The van der Waals surface area contributed by atoms with Crippen molar-refractivity contribution in [3.05, 3.63) is 29.3 Å². The monoisotopic (exact) mass is 236 g/mol. The first kappa shape index (κ1) is 13.0. The molecule has 0 aliphatic rings. The molecular weight excluding hydrogens is 220 g/mol. The molecule has 0 bridgehead atoms. The number of rotatable bonds is 5. The molecule has 0 saturated heterocycles. The molecule has 0 aliphatic heterocycles. The first-order chi connectivity index (χ1) is 8.00. The highest BCUT2D eigenvalue weighted by atomic mass is 16.3. The number of carbonyl (C=O) groups is 2. The van der Waals surface area contributed by atoms with Gasteiger partial charge in [-0.25, -0.2) is 0 Å². The molecule has 1 aromatic carbocycles. The van der Waals surface area contributed by atoms with Crippen LogP contribution in [0.25, 0.3) is 0 Å². The Morgan fingerprint density at radius 3 is 2.71 bits per heavy atom. The second-order valence-electron chi connectivity index (χ2n) is 3.83. The van der Waals surface area contributed by atoms with Crippen LogP contribution in [-0.4, -0.2) is 23.5 Å². The molecule has 1 rings (SSSR count). The molecule has 1 aromatic rings. The molecule has 0 radical (unpaired) electrons. The van der Waals surface area contributed by atoms with Gasteiger partial charge in [-0.3, -0.25) is 9.59 Å². The number of primary amides is 1. The summed E-state index contributed by atoms with van der Waals surface area (Å²) in [6.07, 6.45) is 0.762. The van der Waals surface area contributed by atoms with Crippen LogP contribution in [0.1, 0.15) is 28.8 Å². The molecule has 4 N–H and O–H groups in total. The lowest BCUT2D eigenvalue weighted by atomic mass is 10.1. The fraction of sp³-hybridized carbons (Fsp3) is 0.333. The van der Waals surface area contributed by atoms with Gasteiger partial charge in [0.15, 0.2) is 0 Å². The zero-order chi connectivity index (χ0) is 12.8. The number of nitrogens with one attached hydrogen (secondary N) is 1. The molecule has 0 spiro atoms. The minimum atomic E-state index is -0.382. The summed E-state index contributed by atoms with van der Waals surface area (Å²) in [6.45, 7) is 2.14. The van der Waals surface area contributed by atoms with Crippen LogP contribution in [0.15, 0.2) is 18.2 Å². The van der Waals surface area contributed by atoms with Gasteiger partial charge in [0.25, 0.3) is 5.91 Å². The summed E-state index contributed by atoms with van der Waals surface area (Å²) in [5.74, 6) is -0.563. The number of hydrogen-bond acceptors (Lipinski definition) is 3. The fourth-order valence-corrected chi connectivity index (χ4v) is 1.32. The van der Waals surface area contributed by atoms with Gasteiger partial charge in [0.2, 0.25) is 5.91 Å². The van der Waals surface area contributed by atoms with Crippen LogP contribution in [0.2, 0.25) is 0 Å². The van der Waals surface area contributed by atoms with E-state index in [1.165, 1.54) is 6.07 Å². The summed E-state index contributed by atoms with van der Waals surface area (Å²) in [6, 6.07) is 4.73. The summed E-state index contributed by atoms with van der Waals surface area (Å²) >= 11 is 0. The predicted molar refractivity (Wildman–Crippen MR) is 63.6 cm³/mol. The van der Waals surface area contributed by atoms with Crippen LogP contribution in [0.3, 0.4) is 0 Å². The van der Waals surface area contributed by atoms with E-state index in [0.717, 1.165) is 5.56 Å². The zero-order valence-corrected chi connectivity index (χ0v) is 9.69. The van der Waals surface area contributed by atoms with Crippen molar-refractivity contribution in [1.82, 2.24) is 5.32 Å². The highest BCUT2D eigenvalue weighted by Crippen LogP contribution is 2.17. The number of carbonyl (C=O) groups excluding carboxylic acids is 2. The predicted octanol–water partition coefficient (Wildman–Crippen LogP) is 0.696. The Balaban J connectivity index is 2.47. The van der Waals surface area contributed by atoms with E-state index in [1.807, 2.05) is 0 Å². The second-order valence-corrected chi connectivity index (χ2v) is 3.83.